The van der Waals surface area contributed by atoms with Crippen LogP contribution in [0.2, 0.25) is 0 Å². The molecule has 0 atom stereocenters. The van der Waals surface area contributed by atoms with Gasteiger partial charge in [-0.1, -0.05) is 19.1 Å². The molecule has 3 rings (SSSR count). The number of amides is 2. The van der Waals surface area contributed by atoms with Crippen LogP contribution in [0, 0.1) is 5.92 Å². The zero-order chi connectivity index (χ0) is 20.6. The molecule has 1 aliphatic carbocycles. The number of carbonyl (C=O) groups excluding carboxylic acids is 3. The van der Waals surface area contributed by atoms with Crippen molar-refractivity contribution in [2.75, 3.05) is 25.4 Å². The van der Waals surface area contributed by atoms with Gasteiger partial charge < -0.3 is 15.0 Å². The quantitative estimate of drug-likeness (QED) is 0.543. The predicted octanol–water partition coefficient (Wildman–Crippen LogP) is 3.25. The minimum Gasteiger partial charge on any atom is -0.452 e. The number of ether oxygens (including phenoxy) is 1. The Morgan fingerprint density at radius 1 is 1.10 bits per heavy atom. The molecular weight excluding hydrogens is 388 g/mol. The molecule has 29 heavy (non-hydrogen) atoms. The van der Waals surface area contributed by atoms with Gasteiger partial charge in [0.05, 0.1) is 11.3 Å². The summed E-state index contributed by atoms with van der Waals surface area (Å²) in [6, 6.07) is 7.24. The fraction of sp³-hybridized carbons (Fsp3) is 0.591. The molecule has 1 N–H and O–H groups in total. The van der Waals surface area contributed by atoms with Gasteiger partial charge in [-0.25, -0.2) is 4.79 Å². The van der Waals surface area contributed by atoms with E-state index >= 15 is 0 Å². The highest BCUT2D eigenvalue weighted by Gasteiger charge is 2.22. The van der Waals surface area contributed by atoms with Crippen molar-refractivity contribution in [2.45, 2.75) is 56.4 Å². The van der Waals surface area contributed by atoms with E-state index in [4.69, 9.17) is 4.74 Å². The molecule has 6 nitrogen and oxygen atoms in total. The molecule has 1 saturated carbocycles. The highest BCUT2D eigenvalue weighted by molar-refractivity contribution is 8.00. The molecule has 2 fully saturated rings. The number of hydrogen-bond donors (Lipinski definition) is 1. The average Bonchev–Trinajstić information content (AvgIpc) is 3.27. The Balaban J connectivity index is 1.47. The number of nitrogens with zero attached hydrogens (tertiary/aromatic N) is 1. The second-order valence-electron chi connectivity index (χ2n) is 7.97. The average molecular weight is 419 g/mol. The number of hydrogen-bond acceptors (Lipinski definition) is 5. The Bertz CT molecular complexity index is 725. The van der Waals surface area contributed by atoms with Crippen LogP contribution in [-0.4, -0.2) is 54.2 Å². The lowest BCUT2D eigenvalue weighted by molar-refractivity contribution is -0.127. The molecular formula is C22H30N2O4S. The summed E-state index contributed by atoms with van der Waals surface area (Å²) < 4.78 is 5.24. The Labute approximate surface area is 176 Å². The van der Waals surface area contributed by atoms with Gasteiger partial charge in [-0.05, 0) is 56.6 Å². The molecule has 1 heterocycles. The van der Waals surface area contributed by atoms with Gasteiger partial charge in [0, 0.05) is 24.0 Å². The molecule has 1 aliphatic heterocycles. The number of benzene rings is 1. The van der Waals surface area contributed by atoms with E-state index in [1.165, 1.54) is 11.8 Å². The Kier molecular flexibility index (Phi) is 7.98. The van der Waals surface area contributed by atoms with E-state index in [0.717, 1.165) is 51.6 Å². The summed E-state index contributed by atoms with van der Waals surface area (Å²) >= 11 is 1.34. The van der Waals surface area contributed by atoms with Crippen molar-refractivity contribution < 1.29 is 19.1 Å². The van der Waals surface area contributed by atoms with Crippen molar-refractivity contribution in [3.8, 4) is 0 Å². The number of likely N-dealkylation sites (tertiary alicyclic amines) is 1. The van der Waals surface area contributed by atoms with Gasteiger partial charge in [0.2, 0.25) is 5.91 Å². The van der Waals surface area contributed by atoms with Crippen LogP contribution in [0.3, 0.4) is 0 Å². The van der Waals surface area contributed by atoms with E-state index in [-0.39, 0.29) is 24.5 Å². The summed E-state index contributed by atoms with van der Waals surface area (Å²) in [5.74, 6) is 0.316. The Morgan fingerprint density at radius 2 is 1.79 bits per heavy atom. The minimum atomic E-state index is -0.533. The molecule has 2 amide bonds. The molecule has 2 aliphatic rings. The standard InChI is InChI=1S/C22H30N2O4S/c1-16-8-10-17(11-9-16)23-20(25)14-28-22(27)18-6-2-3-7-19(18)29-15-21(26)24-12-4-5-13-24/h2-3,6-7,16-17H,4-5,8-15H2,1H3,(H,23,25). The monoisotopic (exact) mass is 418 g/mol. The van der Waals surface area contributed by atoms with E-state index < -0.39 is 5.97 Å². The van der Waals surface area contributed by atoms with Gasteiger partial charge in [0.15, 0.2) is 6.61 Å². The van der Waals surface area contributed by atoms with Crippen molar-refractivity contribution in [3.05, 3.63) is 29.8 Å². The topological polar surface area (TPSA) is 75.7 Å². The fourth-order valence-electron chi connectivity index (χ4n) is 3.84. The predicted molar refractivity (Wildman–Crippen MR) is 113 cm³/mol. The zero-order valence-corrected chi connectivity index (χ0v) is 17.8. The van der Waals surface area contributed by atoms with Crippen LogP contribution in [0.5, 0.6) is 0 Å². The first-order valence-corrected chi connectivity index (χ1v) is 11.5. The zero-order valence-electron chi connectivity index (χ0n) is 17.0. The molecule has 0 spiro atoms. The van der Waals surface area contributed by atoms with Crippen LogP contribution < -0.4 is 5.32 Å². The Morgan fingerprint density at radius 3 is 2.52 bits per heavy atom. The molecule has 158 valence electrons. The molecule has 0 radical (unpaired) electrons. The number of thioether (sulfide) groups is 1. The van der Waals surface area contributed by atoms with Crippen LogP contribution in [0.25, 0.3) is 0 Å². The molecule has 0 bridgehead atoms. The van der Waals surface area contributed by atoms with Crippen LogP contribution in [0.15, 0.2) is 29.2 Å². The van der Waals surface area contributed by atoms with E-state index in [1.807, 2.05) is 17.0 Å². The van der Waals surface area contributed by atoms with Gasteiger partial charge in [-0.15, -0.1) is 11.8 Å². The number of carbonyl (C=O) groups is 3. The van der Waals surface area contributed by atoms with Crippen LogP contribution >= 0.6 is 11.8 Å². The van der Waals surface area contributed by atoms with Gasteiger partial charge in [0.1, 0.15) is 0 Å². The lowest BCUT2D eigenvalue weighted by Crippen LogP contribution is -2.39. The van der Waals surface area contributed by atoms with Crippen molar-refractivity contribution in [2.24, 2.45) is 5.92 Å². The van der Waals surface area contributed by atoms with Gasteiger partial charge in [-0.3, -0.25) is 9.59 Å². The maximum atomic E-state index is 12.5. The van der Waals surface area contributed by atoms with Crippen molar-refractivity contribution >= 4 is 29.5 Å². The van der Waals surface area contributed by atoms with E-state index in [1.54, 1.807) is 12.1 Å². The molecule has 1 aromatic carbocycles. The van der Waals surface area contributed by atoms with E-state index in [0.29, 0.717) is 22.1 Å². The fourth-order valence-corrected chi connectivity index (χ4v) is 4.78. The number of esters is 1. The van der Waals surface area contributed by atoms with Crippen molar-refractivity contribution in [1.82, 2.24) is 10.2 Å². The van der Waals surface area contributed by atoms with Gasteiger partial charge in [0.25, 0.3) is 5.91 Å². The summed E-state index contributed by atoms with van der Waals surface area (Å²) in [5, 5.41) is 2.96. The molecule has 0 unspecified atom stereocenters. The first-order valence-electron chi connectivity index (χ1n) is 10.5. The normalized spacial score (nSPS) is 21.6. The maximum Gasteiger partial charge on any atom is 0.339 e. The molecule has 7 heteroatoms. The smallest absolute Gasteiger partial charge is 0.339 e. The summed E-state index contributed by atoms with van der Waals surface area (Å²) in [6.07, 6.45) is 6.30. The third-order valence-electron chi connectivity index (χ3n) is 5.63. The highest BCUT2D eigenvalue weighted by Crippen LogP contribution is 2.25. The van der Waals surface area contributed by atoms with E-state index in [2.05, 4.69) is 12.2 Å². The third kappa shape index (κ3) is 6.49. The lowest BCUT2D eigenvalue weighted by Gasteiger charge is -2.26. The second kappa shape index (κ2) is 10.7. The van der Waals surface area contributed by atoms with Crippen LogP contribution in [0.4, 0.5) is 0 Å². The molecule has 1 saturated heterocycles. The molecule has 0 aromatic heterocycles. The van der Waals surface area contributed by atoms with Crippen molar-refractivity contribution in [1.29, 1.82) is 0 Å². The van der Waals surface area contributed by atoms with Crippen LogP contribution in [-0.2, 0) is 14.3 Å². The number of rotatable bonds is 7. The number of nitrogens with one attached hydrogen (secondary N) is 1. The SMILES string of the molecule is CC1CCC(NC(=O)COC(=O)c2ccccc2SCC(=O)N2CCCC2)CC1. The first kappa shape index (κ1) is 21.7. The largest absolute Gasteiger partial charge is 0.452 e. The maximum absolute atomic E-state index is 12.5. The Hall–Kier alpha value is -2.02. The third-order valence-corrected chi connectivity index (χ3v) is 6.69. The van der Waals surface area contributed by atoms with Crippen LogP contribution in [0.1, 0.15) is 55.8 Å². The lowest BCUT2D eigenvalue weighted by atomic mass is 9.87. The summed E-state index contributed by atoms with van der Waals surface area (Å²) in [5.41, 5.74) is 0.394. The van der Waals surface area contributed by atoms with Crippen molar-refractivity contribution in [3.63, 3.8) is 0 Å². The summed E-state index contributed by atoms with van der Waals surface area (Å²) in [6.45, 7) is 3.58. The minimum absolute atomic E-state index is 0.0943. The summed E-state index contributed by atoms with van der Waals surface area (Å²) in [7, 11) is 0. The second-order valence-corrected chi connectivity index (χ2v) is 8.99. The first-order chi connectivity index (χ1) is 14.0. The molecule has 1 aromatic rings. The highest BCUT2D eigenvalue weighted by atomic mass is 32.2. The van der Waals surface area contributed by atoms with E-state index in [9.17, 15) is 14.4 Å². The summed E-state index contributed by atoms with van der Waals surface area (Å²) in [4.78, 5) is 39.5. The van der Waals surface area contributed by atoms with Gasteiger partial charge in [-0.2, -0.15) is 0 Å². The van der Waals surface area contributed by atoms with Gasteiger partial charge >= 0.3 is 5.97 Å².